The van der Waals surface area contributed by atoms with Crippen molar-refractivity contribution in [1.29, 1.82) is 0 Å². The molecular formula is C20H19N3O4. The van der Waals surface area contributed by atoms with Gasteiger partial charge >= 0.3 is 0 Å². The van der Waals surface area contributed by atoms with E-state index in [0.29, 0.717) is 23.9 Å². The maximum atomic E-state index is 12.6. The van der Waals surface area contributed by atoms with E-state index in [1.807, 2.05) is 37.3 Å². The van der Waals surface area contributed by atoms with Crippen molar-refractivity contribution in [2.24, 2.45) is 0 Å². The van der Waals surface area contributed by atoms with Crippen LogP contribution < -0.4 is 0 Å². The van der Waals surface area contributed by atoms with Gasteiger partial charge in [-0.3, -0.25) is 4.79 Å². The van der Waals surface area contributed by atoms with Gasteiger partial charge in [-0.15, -0.1) is 0 Å². The first-order valence-electron chi connectivity index (χ1n) is 8.72. The van der Waals surface area contributed by atoms with Crippen LogP contribution >= 0.6 is 0 Å². The molecule has 27 heavy (non-hydrogen) atoms. The van der Waals surface area contributed by atoms with Crippen molar-refractivity contribution >= 4 is 16.9 Å². The van der Waals surface area contributed by atoms with Crippen LogP contribution in [0, 0.1) is 0 Å². The predicted molar refractivity (Wildman–Crippen MR) is 97.7 cm³/mol. The summed E-state index contributed by atoms with van der Waals surface area (Å²) in [4.78, 5) is 18.5. The van der Waals surface area contributed by atoms with Gasteiger partial charge in [0.1, 0.15) is 11.3 Å². The molecule has 0 aliphatic rings. The van der Waals surface area contributed by atoms with E-state index < -0.39 is 0 Å². The molecule has 0 spiro atoms. The smallest absolute Gasteiger partial charge is 0.238 e. The topological polar surface area (TPSA) is 85.5 Å². The molecule has 3 heterocycles. The van der Waals surface area contributed by atoms with E-state index in [0.717, 1.165) is 16.7 Å². The maximum Gasteiger partial charge on any atom is 0.238 e. The van der Waals surface area contributed by atoms with Crippen LogP contribution in [0.3, 0.4) is 0 Å². The number of amides is 1. The highest BCUT2D eigenvalue weighted by molar-refractivity contribution is 5.79. The monoisotopic (exact) mass is 365 g/mol. The van der Waals surface area contributed by atoms with Crippen LogP contribution in [0.1, 0.15) is 31.0 Å². The number of carbonyl (C=O) groups excluding carboxylic acids is 1. The molecule has 138 valence electrons. The van der Waals surface area contributed by atoms with E-state index >= 15 is 0 Å². The van der Waals surface area contributed by atoms with Crippen molar-refractivity contribution in [3.05, 3.63) is 60.4 Å². The van der Waals surface area contributed by atoms with E-state index in [2.05, 4.69) is 10.1 Å². The summed E-state index contributed by atoms with van der Waals surface area (Å²) in [5.74, 6) is 2.04. The van der Waals surface area contributed by atoms with Gasteiger partial charge in [-0.1, -0.05) is 23.4 Å². The molecule has 0 aliphatic carbocycles. The Kier molecular flexibility index (Phi) is 4.50. The number of benzene rings is 1. The molecule has 0 fully saturated rings. The van der Waals surface area contributed by atoms with Gasteiger partial charge in [0.05, 0.1) is 12.3 Å². The maximum absolute atomic E-state index is 12.6. The minimum absolute atomic E-state index is 0.0271. The van der Waals surface area contributed by atoms with E-state index in [4.69, 9.17) is 13.4 Å². The third kappa shape index (κ3) is 3.48. The average molecular weight is 365 g/mol. The van der Waals surface area contributed by atoms with Gasteiger partial charge in [0, 0.05) is 25.3 Å². The zero-order valence-corrected chi connectivity index (χ0v) is 15.1. The quantitative estimate of drug-likeness (QED) is 0.508. The van der Waals surface area contributed by atoms with Crippen LogP contribution in [0.15, 0.2) is 62.1 Å². The summed E-state index contributed by atoms with van der Waals surface area (Å²) >= 11 is 0. The Balaban J connectivity index is 1.38. The largest absolute Gasteiger partial charge is 0.461 e. The summed E-state index contributed by atoms with van der Waals surface area (Å²) < 4.78 is 16.3. The predicted octanol–water partition coefficient (Wildman–Crippen LogP) is 4.23. The second kappa shape index (κ2) is 7.11. The molecule has 1 unspecified atom stereocenters. The van der Waals surface area contributed by atoms with Crippen molar-refractivity contribution in [2.75, 3.05) is 7.05 Å². The Morgan fingerprint density at radius 2 is 2.07 bits per heavy atom. The summed E-state index contributed by atoms with van der Waals surface area (Å²) in [5, 5.41) is 4.89. The Hall–Kier alpha value is -3.35. The lowest BCUT2D eigenvalue weighted by molar-refractivity contribution is -0.132. The van der Waals surface area contributed by atoms with Gasteiger partial charge in [-0.25, -0.2) is 0 Å². The summed E-state index contributed by atoms with van der Waals surface area (Å²) in [6.07, 6.45) is 2.17. The highest BCUT2D eigenvalue weighted by atomic mass is 16.5. The number of carbonyl (C=O) groups is 1. The first-order valence-corrected chi connectivity index (χ1v) is 8.72. The molecule has 3 aromatic heterocycles. The molecule has 0 aliphatic heterocycles. The third-order valence-electron chi connectivity index (χ3n) is 4.59. The van der Waals surface area contributed by atoms with Crippen LogP contribution in [0.2, 0.25) is 0 Å². The molecule has 0 bridgehead atoms. The summed E-state index contributed by atoms with van der Waals surface area (Å²) in [6.45, 7) is 1.94. The number of nitrogens with zero attached hydrogens (tertiary/aromatic N) is 3. The molecule has 4 rings (SSSR count). The molecule has 0 saturated heterocycles. The van der Waals surface area contributed by atoms with Crippen LogP contribution in [-0.2, 0) is 11.2 Å². The van der Waals surface area contributed by atoms with Crippen molar-refractivity contribution < 1.29 is 18.2 Å². The molecule has 0 saturated carbocycles. The third-order valence-corrected chi connectivity index (χ3v) is 4.59. The van der Waals surface area contributed by atoms with Gasteiger partial charge in [0.15, 0.2) is 5.76 Å². The van der Waals surface area contributed by atoms with E-state index in [1.165, 1.54) is 0 Å². The summed E-state index contributed by atoms with van der Waals surface area (Å²) in [7, 11) is 1.77. The first-order chi connectivity index (χ1) is 13.1. The van der Waals surface area contributed by atoms with Crippen LogP contribution in [0.5, 0.6) is 0 Å². The van der Waals surface area contributed by atoms with Crippen molar-refractivity contribution in [2.45, 2.75) is 25.8 Å². The second-order valence-electron chi connectivity index (χ2n) is 6.36. The van der Waals surface area contributed by atoms with Crippen molar-refractivity contribution in [3.8, 4) is 11.6 Å². The van der Waals surface area contributed by atoms with E-state index in [1.54, 1.807) is 30.3 Å². The highest BCUT2D eigenvalue weighted by Crippen LogP contribution is 2.27. The van der Waals surface area contributed by atoms with Crippen LogP contribution in [-0.4, -0.2) is 28.0 Å². The van der Waals surface area contributed by atoms with Crippen molar-refractivity contribution in [3.63, 3.8) is 0 Å². The molecule has 7 heteroatoms. The molecule has 0 radical (unpaired) electrons. The number of para-hydroxylation sites is 1. The van der Waals surface area contributed by atoms with Crippen molar-refractivity contribution in [1.82, 2.24) is 15.0 Å². The fourth-order valence-corrected chi connectivity index (χ4v) is 2.87. The Morgan fingerprint density at radius 1 is 1.22 bits per heavy atom. The second-order valence-corrected chi connectivity index (χ2v) is 6.36. The molecular weight excluding hydrogens is 346 g/mol. The highest BCUT2D eigenvalue weighted by Gasteiger charge is 2.21. The van der Waals surface area contributed by atoms with E-state index in [9.17, 15) is 4.79 Å². The van der Waals surface area contributed by atoms with Gasteiger partial charge < -0.3 is 18.3 Å². The molecule has 4 aromatic rings. The number of hydrogen-bond donors (Lipinski definition) is 0. The van der Waals surface area contributed by atoms with Gasteiger partial charge in [0.2, 0.25) is 17.6 Å². The summed E-state index contributed by atoms with van der Waals surface area (Å²) in [6, 6.07) is 13.1. The lowest BCUT2D eigenvalue weighted by Crippen LogP contribution is -2.29. The fraction of sp³-hybridized carbons (Fsp3) is 0.250. The number of rotatable bonds is 6. The minimum Gasteiger partial charge on any atom is -0.461 e. The number of hydrogen-bond acceptors (Lipinski definition) is 6. The standard InChI is InChI=1S/C20H19N3O4/c1-13(17-12-14-6-3-4-7-15(14)26-17)23(2)19(24)10-9-18-21-20(22-27-18)16-8-5-11-25-16/h3-8,11-13H,9-10H2,1-2H3. The Labute approximate surface area is 155 Å². The molecule has 1 amide bonds. The SMILES string of the molecule is CC(c1cc2ccccc2o1)N(C)C(=O)CCc1nc(-c2ccco2)no1. The van der Waals surface area contributed by atoms with E-state index in [-0.39, 0.29) is 18.4 Å². The zero-order chi connectivity index (χ0) is 18.8. The minimum atomic E-state index is -0.175. The van der Waals surface area contributed by atoms with Gasteiger partial charge in [-0.2, -0.15) is 4.98 Å². The lowest BCUT2D eigenvalue weighted by Gasteiger charge is -2.23. The zero-order valence-electron chi connectivity index (χ0n) is 15.1. The van der Waals surface area contributed by atoms with Crippen LogP contribution in [0.4, 0.5) is 0 Å². The first kappa shape index (κ1) is 17.1. The average Bonchev–Trinajstić information content (AvgIpc) is 3.44. The number of fused-ring (bicyclic) bond motifs is 1. The van der Waals surface area contributed by atoms with Gasteiger partial charge in [0.25, 0.3) is 0 Å². The number of aryl methyl sites for hydroxylation is 1. The molecule has 1 atom stereocenters. The molecule has 0 N–H and O–H groups in total. The number of furan rings is 2. The Morgan fingerprint density at radius 3 is 2.85 bits per heavy atom. The molecule has 7 nitrogen and oxygen atoms in total. The fourth-order valence-electron chi connectivity index (χ4n) is 2.87. The molecule has 1 aromatic carbocycles. The van der Waals surface area contributed by atoms with Crippen LogP contribution in [0.25, 0.3) is 22.6 Å². The summed E-state index contributed by atoms with van der Waals surface area (Å²) in [5.41, 5.74) is 0.816. The lowest BCUT2D eigenvalue weighted by atomic mass is 10.2. The number of aromatic nitrogens is 2. The Bertz CT molecular complexity index is 1020. The normalized spacial score (nSPS) is 12.4. The van der Waals surface area contributed by atoms with Gasteiger partial charge in [-0.05, 0) is 31.2 Å².